The lowest BCUT2D eigenvalue weighted by molar-refractivity contribution is -0.126. The standard InChI is InChI=1S/C19H26N4O2S/c1-14-12-15(2)23(21-14)10-5-8-20-18(24)16-6-3-9-22(13-16)19(25)17-7-4-11-26-17/h4,7,11-12,16H,3,5-6,8-10,13H2,1-2H3,(H,20,24)/t16-/m1/s1. The highest BCUT2D eigenvalue weighted by molar-refractivity contribution is 7.12. The summed E-state index contributed by atoms with van der Waals surface area (Å²) in [5.74, 6) is -0.00887. The van der Waals surface area contributed by atoms with Crippen LogP contribution in [-0.2, 0) is 11.3 Å². The third kappa shape index (κ3) is 4.52. The van der Waals surface area contributed by atoms with E-state index < -0.39 is 0 Å². The van der Waals surface area contributed by atoms with Crippen molar-refractivity contribution < 1.29 is 9.59 Å². The lowest BCUT2D eigenvalue weighted by atomic mass is 9.97. The Kier molecular flexibility index (Phi) is 6.08. The molecule has 6 nitrogen and oxygen atoms in total. The van der Waals surface area contributed by atoms with Crippen LogP contribution in [0.15, 0.2) is 23.6 Å². The molecule has 140 valence electrons. The fourth-order valence-corrected chi connectivity index (χ4v) is 4.11. The van der Waals surface area contributed by atoms with Gasteiger partial charge in [-0.2, -0.15) is 5.10 Å². The Morgan fingerprint density at radius 2 is 2.23 bits per heavy atom. The fourth-order valence-electron chi connectivity index (χ4n) is 3.42. The average Bonchev–Trinajstić information content (AvgIpc) is 3.28. The number of carbonyl (C=O) groups is 2. The second kappa shape index (κ2) is 8.49. The smallest absolute Gasteiger partial charge is 0.263 e. The molecule has 3 heterocycles. The first-order valence-corrected chi connectivity index (χ1v) is 10.0. The van der Waals surface area contributed by atoms with E-state index in [1.807, 2.05) is 40.9 Å². The molecular weight excluding hydrogens is 348 g/mol. The van der Waals surface area contributed by atoms with Gasteiger partial charge in [-0.15, -0.1) is 11.3 Å². The SMILES string of the molecule is Cc1cc(C)n(CCCNC(=O)[C@@H]2CCCN(C(=O)c3cccs3)C2)n1. The lowest BCUT2D eigenvalue weighted by Crippen LogP contribution is -2.45. The molecule has 1 aliphatic heterocycles. The van der Waals surface area contributed by atoms with Crippen LogP contribution in [0, 0.1) is 19.8 Å². The van der Waals surface area contributed by atoms with E-state index in [1.54, 1.807) is 0 Å². The molecule has 2 aromatic rings. The van der Waals surface area contributed by atoms with E-state index in [0.29, 0.717) is 13.1 Å². The van der Waals surface area contributed by atoms with Gasteiger partial charge in [0, 0.05) is 31.9 Å². The van der Waals surface area contributed by atoms with E-state index in [1.165, 1.54) is 11.3 Å². The summed E-state index contributed by atoms with van der Waals surface area (Å²) in [7, 11) is 0. The predicted molar refractivity (Wildman–Crippen MR) is 102 cm³/mol. The lowest BCUT2D eigenvalue weighted by Gasteiger charge is -2.31. The Morgan fingerprint density at radius 1 is 1.38 bits per heavy atom. The summed E-state index contributed by atoms with van der Waals surface area (Å²) in [6.07, 6.45) is 2.57. The van der Waals surface area contributed by atoms with E-state index in [4.69, 9.17) is 0 Å². The summed E-state index contributed by atoms with van der Waals surface area (Å²) in [6.45, 7) is 6.70. The van der Waals surface area contributed by atoms with Crippen molar-refractivity contribution in [2.75, 3.05) is 19.6 Å². The van der Waals surface area contributed by atoms with E-state index in [0.717, 1.165) is 48.6 Å². The molecule has 0 aliphatic carbocycles. The number of likely N-dealkylation sites (tertiary alicyclic amines) is 1. The van der Waals surface area contributed by atoms with Crippen molar-refractivity contribution in [2.24, 2.45) is 5.92 Å². The quantitative estimate of drug-likeness (QED) is 0.791. The van der Waals surface area contributed by atoms with Crippen LogP contribution in [-0.4, -0.2) is 46.1 Å². The van der Waals surface area contributed by atoms with E-state index in [9.17, 15) is 9.59 Å². The minimum Gasteiger partial charge on any atom is -0.356 e. The molecule has 7 heteroatoms. The monoisotopic (exact) mass is 374 g/mol. The van der Waals surface area contributed by atoms with Gasteiger partial charge in [-0.25, -0.2) is 0 Å². The van der Waals surface area contributed by atoms with E-state index >= 15 is 0 Å². The minimum absolute atomic E-state index is 0.0435. The molecule has 1 aliphatic rings. The number of piperidine rings is 1. The van der Waals surface area contributed by atoms with Crippen LogP contribution in [0.25, 0.3) is 0 Å². The Bertz CT molecular complexity index is 754. The Hall–Kier alpha value is -2.15. The van der Waals surface area contributed by atoms with Gasteiger partial charge in [0.25, 0.3) is 5.91 Å². The molecular formula is C19H26N4O2S. The molecule has 2 amide bonds. The minimum atomic E-state index is -0.110. The van der Waals surface area contributed by atoms with Crippen LogP contribution in [0.5, 0.6) is 0 Å². The second-order valence-corrected chi connectivity index (χ2v) is 7.81. The third-order valence-corrected chi connectivity index (χ3v) is 5.62. The molecule has 0 aromatic carbocycles. The largest absolute Gasteiger partial charge is 0.356 e. The number of nitrogens with zero attached hydrogens (tertiary/aromatic N) is 3. The molecule has 1 fully saturated rings. The van der Waals surface area contributed by atoms with Crippen molar-refractivity contribution in [2.45, 2.75) is 39.7 Å². The molecule has 0 saturated carbocycles. The number of hydrogen-bond acceptors (Lipinski definition) is 4. The average molecular weight is 375 g/mol. The van der Waals surface area contributed by atoms with Crippen LogP contribution in [0.2, 0.25) is 0 Å². The molecule has 0 bridgehead atoms. The van der Waals surface area contributed by atoms with Gasteiger partial charge in [-0.05, 0) is 50.6 Å². The summed E-state index contributed by atoms with van der Waals surface area (Å²) in [6, 6.07) is 5.78. The number of hydrogen-bond donors (Lipinski definition) is 1. The van der Waals surface area contributed by atoms with Gasteiger partial charge in [0.15, 0.2) is 0 Å². The van der Waals surface area contributed by atoms with Crippen molar-refractivity contribution in [3.8, 4) is 0 Å². The van der Waals surface area contributed by atoms with E-state index in [2.05, 4.69) is 16.5 Å². The Labute approximate surface area is 158 Å². The maximum atomic E-state index is 12.5. The highest BCUT2D eigenvalue weighted by Crippen LogP contribution is 2.20. The predicted octanol–water partition coefficient (Wildman–Crippen LogP) is 2.62. The molecule has 1 atom stereocenters. The zero-order chi connectivity index (χ0) is 18.5. The van der Waals surface area contributed by atoms with Gasteiger partial charge in [-0.1, -0.05) is 6.07 Å². The molecule has 26 heavy (non-hydrogen) atoms. The Morgan fingerprint density at radius 3 is 2.92 bits per heavy atom. The van der Waals surface area contributed by atoms with Gasteiger partial charge in [0.2, 0.25) is 5.91 Å². The zero-order valence-corrected chi connectivity index (χ0v) is 16.2. The molecule has 1 saturated heterocycles. The van der Waals surface area contributed by atoms with Crippen LogP contribution in [0.1, 0.15) is 40.3 Å². The number of aromatic nitrogens is 2. The number of nitrogens with one attached hydrogen (secondary N) is 1. The third-order valence-electron chi connectivity index (χ3n) is 4.76. The van der Waals surface area contributed by atoms with Gasteiger partial charge in [0.05, 0.1) is 16.5 Å². The van der Waals surface area contributed by atoms with E-state index in [-0.39, 0.29) is 17.7 Å². The van der Waals surface area contributed by atoms with Crippen molar-refractivity contribution in [3.05, 3.63) is 39.8 Å². The summed E-state index contributed by atoms with van der Waals surface area (Å²) in [5, 5.41) is 9.37. The highest BCUT2D eigenvalue weighted by Gasteiger charge is 2.29. The first-order chi connectivity index (χ1) is 12.5. The van der Waals surface area contributed by atoms with Gasteiger partial charge in [0.1, 0.15) is 0 Å². The van der Waals surface area contributed by atoms with Crippen molar-refractivity contribution >= 4 is 23.2 Å². The maximum Gasteiger partial charge on any atom is 0.263 e. The van der Waals surface area contributed by atoms with Gasteiger partial charge < -0.3 is 10.2 Å². The van der Waals surface area contributed by atoms with Crippen molar-refractivity contribution in [3.63, 3.8) is 0 Å². The molecule has 1 N–H and O–H groups in total. The summed E-state index contributed by atoms with van der Waals surface area (Å²) >= 11 is 1.45. The number of carbonyl (C=O) groups excluding carboxylic acids is 2. The normalized spacial score (nSPS) is 17.3. The molecule has 0 radical (unpaired) electrons. The van der Waals surface area contributed by atoms with Crippen LogP contribution in [0.3, 0.4) is 0 Å². The summed E-state index contributed by atoms with van der Waals surface area (Å²) < 4.78 is 1.98. The molecule has 0 spiro atoms. The van der Waals surface area contributed by atoms with Crippen LogP contribution < -0.4 is 5.32 Å². The highest BCUT2D eigenvalue weighted by atomic mass is 32.1. The molecule has 2 aromatic heterocycles. The number of aryl methyl sites for hydroxylation is 3. The zero-order valence-electron chi connectivity index (χ0n) is 15.4. The molecule has 3 rings (SSSR count). The topological polar surface area (TPSA) is 67.2 Å². The fraction of sp³-hybridized carbons (Fsp3) is 0.526. The van der Waals surface area contributed by atoms with Gasteiger partial charge in [-0.3, -0.25) is 14.3 Å². The second-order valence-electron chi connectivity index (χ2n) is 6.86. The number of rotatable bonds is 6. The number of amides is 2. The van der Waals surface area contributed by atoms with Crippen LogP contribution in [0.4, 0.5) is 0 Å². The first-order valence-electron chi connectivity index (χ1n) is 9.16. The first kappa shape index (κ1) is 18.6. The Balaban J connectivity index is 1.44. The number of thiophene rings is 1. The maximum absolute atomic E-state index is 12.5. The summed E-state index contributed by atoms with van der Waals surface area (Å²) in [5.41, 5.74) is 2.16. The van der Waals surface area contributed by atoms with Crippen molar-refractivity contribution in [1.29, 1.82) is 0 Å². The summed E-state index contributed by atoms with van der Waals surface area (Å²) in [4.78, 5) is 27.5. The molecule has 0 unspecified atom stereocenters. The van der Waals surface area contributed by atoms with Crippen molar-refractivity contribution in [1.82, 2.24) is 20.0 Å². The van der Waals surface area contributed by atoms with Crippen LogP contribution >= 0.6 is 11.3 Å². The van der Waals surface area contributed by atoms with Gasteiger partial charge >= 0.3 is 0 Å².